The van der Waals surface area contributed by atoms with Gasteiger partial charge in [-0.05, 0) is 24.6 Å². The lowest BCUT2D eigenvalue weighted by Crippen LogP contribution is -2.17. The fraction of sp³-hybridized carbons (Fsp3) is 0.333. The van der Waals surface area contributed by atoms with Crippen LogP contribution in [0.3, 0.4) is 0 Å². The Morgan fingerprint density at radius 2 is 2.18 bits per heavy atom. The summed E-state index contributed by atoms with van der Waals surface area (Å²) in [5.41, 5.74) is 7.84. The molecule has 0 aliphatic heterocycles. The number of aryl methyl sites for hydroxylation is 1. The van der Waals surface area contributed by atoms with E-state index in [9.17, 15) is 0 Å². The number of rotatable bonds is 6. The third kappa shape index (κ3) is 3.57. The molecule has 0 radical (unpaired) electrons. The van der Waals surface area contributed by atoms with Crippen molar-refractivity contribution in [1.29, 1.82) is 0 Å². The minimum absolute atomic E-state index is 0.810. The number of nitrogens with two attached hydrogens (primary N) is 1. The maximum absolute atomic E-state index is 5.85. The molecule has 0 fully saturated rings. The van der Waals surface area contributed by atoms with Gasteiger partial charge < -0.3 is 11.1 Å². The highest BCUT2D eigenvalue weighted by Crippen LogP contribution is 2.09. The fourth-order valence-corrected chi connectivity index (χ4v) is 1.64. The monoisotopic (exact) mass is 231 g/mol. The number of hydrogen-bond acceptors (Lipinski definition) is 4. The van der Waals surface area contributed by atoms with Crippen molar-refractivity contribution in [1.82, 2.24) is 20.3 Å². The van der Waals surface area contributed by atoms with Crippen LogP contribution >= 0.6 is 0 Å². The summed E-state index contributed by atoms with van der Waals surface area (Å²) in [4.78, 5) is 0. The van der Waals surface area contributed by atoms with Crippen molar-refractivity contribution in [2.45, 2.75) is 19.5 Å². The summed E-state index contributed by atoms with van der Waals surface area (Å²) in [5, 5.41) is 11.0. The fourth-order valence-electron chi connectivity index (χ4n) is 1.64. The molecule has 2 rings (SSSR count). The molecule has 17 heavy (non-hydrogen) atoms. The lowest BCUT2D eigenvalue weighted by atomic mass is 10.2. The van der Waals surface area contributed by atoms with Gasteiger partial charge in [-0.2, -0.15) is 0 Å². The van der Waals surface area contributed by atoms with Gasteiger partial charge in [-0.3, -0.25) is 4.68 Å². The minimum Gasteiger partial charge on any atom is -0.398 e. The number of benzene rings is 1. The average molecular weight is 231 g/mol. The zero-order valence-electron chi connectivity index (χ0n) is 9.71. The zero-order valence-corrected chi connectivity index (χ0v) is 9.71. The summed E-state index contributed by atoms with van der Waals surface area (Å²) >= 11 is 0. The van der Waals surface area contributed by atoms with Crippen LogP contribution in [0.25, 0.3) is 0 Å². The van der Waals surface area contributed by atoms with Crippen molar-refractivity contribution in [2.75, 3.05) is 12.3 Å². The molecule has 1 aromatic carbocycles. The molecule has 90 valence electrons. The first kappa shape index (κ1) is 11.6. The van der Waals surface area contributed by atoms with E-state index in [1.165, 1.54) is 0 Å². The van der Waals surface area contributed by atoms with Crippen molar-refractivity contribution in [3.8, 4) is 0 Å². The van der Waals surface area contributed by atoms with Gasteiger partial charge in [-0.15, -0.1) is 5.10 Å². The quantitative estimate of drug-likeness (QED) is 0.575. The van der Waals surface area contributed by atoms with E-state index < -0.39 is 0 Å². The molecular weight excluding hydrogens is 214 g/mol. The predicted octanol–water partition coefficient (Wildman–Crippen LogP) is 1.04. The highest BCUT2D eigenvalue weighted by atomic mass is 15.4. The third-order valence-corrected chi connectivity index (χ3v) is 2.58. The molecule has 1 heterocycles. The Hall–Kier alpha value is -1.88. The summed E-state index contributed by atoms with van der Waals surface area (Å²) in [6.07, 6.45) is 4.59. The Balaban J connectivity index is 1.65. The van der Waals surface area contributed by atoms with Crippen LogP contribution in [-0.4, -0.2) is 21.5 Å². The van der Waals surface area contributed by atoms with Gasteiger partial charge in [0.2, 0.25) is 0 Å². The van der Waals surface area contributed by atoms with Crippen molar-refractivity contribution < 1.29 is 0 Å². The van der Waals surface area contributed by atoms with Crippen LogP contribution in [0.5, 0.6) is 0 Å². The van der Waals surface area contributed by atoms with Crippen molar-refractivity contribution in [3.63, 3.8) is 0 Å². The molecule has 0 saturated heterocycles. The van der Waals surface area contributed by atoms with Crippen molar-refractivity contribution in [2.24, 2.45) is 0 Å². The van der Waals surface area contributed by atoms with E-state index >= 15 is 0 Å². The Morgan fingerprint density at radius 1 is 1.29 bits per heavy atom. The van der Waals surface area contributed by atoms with E-state index in [4.69, 9.17) is 5.73 Å². The second kappa shape index (κ2) is 6.00. The van der Waals surface area contributed by atoms with Crippen LogP contribution in [0.4, 0.5) is 5.69 Å². The van der Waals surface area contributed by atoms with Crippen LogP contribution in [0.2, 0.25) is 0 Å². The van der Waals surface area contributed by atoms with E-state index in [1.807, 2.05) is 35.1 Å². The lowest BCUT2D eigenvalue weighted by Gasteiger charge is -2.07. The van der Waals surface area contributed by atoms with Gasteiger partial charge in [0.1, 0.15) is 0 Å². The number of para-hydroxylation sites is 1. The van der Waals surface area contributed by atoms with Crippen LogP contribution < -0.4 is 11.1 Å². The first-order valence-corrected chi connectivity index (χ1v) is 5.74. The Morgan fingerprint density at radius 3 is 2.94 bits per heavy atom. The molecule has 3 N–H and O–H groups in total. The van der Waals surface area contributed by atoms with Gasteiger partial charge in [0.05, 0.1) is 6.20 Å². The average Bonchev–Trinajstić information content (AvgIpc) is 2.84. The van der Waals surface area contributed by atoms with Gasteiger partial charge in [-0.1, -0.05) is 23.4 Å². The summed E-state index contributed by atoms with van der Waals surface area (Å²) in [7, 11) is 0. The van der Waals surface area contributed by atoms with Crippen LogP contribution in [0.1, 0.15) is 12.0 Å². The molecule has 0 atom stereocenters. The molecule has 1 aromatic heterocycles. The SMILES string of the molecule is Nc1ccccc1CNCCCn1ccnn1. The van der Waals surface area contributed by atoms with E-state index in [-0.39, 0.29) is 0 Å². The molecule has 0 unspecified atom stereocenters. The Bertz CT molecular complexity index is 438. The summed E-state index contributed by atoms with van der Waals surface area (Å²) in [6, 6.07) is 7.92. The van der Waals surface area contributed by atoms with Gasteiger partial charge in [0.25, 0.3) is 0 Å². The third-order valence-electron chi connectivity index (χ3n) is 2.58. The van der Waals surface area contributed by atoms with E-state index in [0.717, 1.165) is 37.3 Å². The van der Waals surface area contributed by atoms with Gasteiger partial charge in [0.15, 0.2) is 0 Å². The first-order valence-electron chi connectivity index (χ1n) is 5.74. The summed E-state index contributed by atoms with van der Waals surface area (Å²) < 4.78 is 1.83. The van der Waals surface area contributed by atoms with E-state index in [2.05, 4.69) is 15.6 Å². The Labute approximate surface area is 101 Å². The number of nitrogens with one attached hydrogen (secondary N) is 1. The largest absolute Gasteiger partial charge is 0.398 e. The maximum atomic E-state index is 5.85. The second-order valence-electron chi connectivity index (χ2n) is 3.90. The number of nitrogen functional groups attached to an aromatic ring is 1. The summed E-state index contributed by atoms with van der Waals surface area (Å²) in [5.74, 6) is 0. The molecule has 5 nitrogen and oxygen atoms in total. The normalized spacial score (nSPS) is 10.6. The standard InChI is InChI=1S/C12H17N5/c13-12-5-2-1-4-11(12)10-14-6-3-8-17-9-7-15-16-17/h1-2,4-5,7,9,14H,3,6,8,10,13H2. The highest BCUT2D eigenvalue weighted by molar-refractivity contribution is 5.46. The van der Waals surface area contributed by atoms with Crippen LogP contribution in [0.15, 0.2) is 36.7 Å². The lowest BCUT2D eigenvalue weighted by molar-refractivity contribution is 0.530. The molecule has 0 saturated carbocycles. The van der Waals surface area contributed by atoms with Gasteiger partial charge in [-0.25, -0.2) is 0 Å². The van der Waals surface area contributed by atoms with Crippen LogP contribution in [0, 0.1) is 0 Å². The molecule has 0 aliphatic carbocycles. The van der Waals surface area contributed by atoms with E-state index in [1.54, 1.807) is 6.20 Å². The summed E-state index contributed by atoms with van der Waals surface area (Å²) in [6.45, 7) is 2.63. The number of hydrogen-bond donors (Lipinski definition) is 2. The molecule has 0 spiro atoms. The molecule has 0 aliphatic rings. The number of anilines is 1. The molecule has 5 heteroatoms. The van der Waals surface area contributed by atoms with Gasteiger partial charge in [0, 0.05) is 25.0 Å². The second-order valence-corrected chi connectivity index (χ2v) is 3.90. The smallest absolute Gasteiger partial charge is 0.0692 e. The number of nitrogens with zero attached hydrogens (tertiary/aromatic N) is 3. The van der Waals surface area contributed by atoms with Gasteiger partial charge >= 0.3 is 0 Å². The van der Waals surface area contributed by atoms with Crippen molar-refractivity contribution >= 4 is 5.69 Å². The number of aromatic nitrogens is 3. The molecule has 0 bridgehead atoms. The maximum Gasteiger partial charge on any atom is 0.0692 e. The predicted molar refractivity (Wildman–Crippen MR) is 67.2 cm³/mol. The molecular formula is C12H17N5. The topological polar surface area (TPSA) is 68.8 Å². The van der Waals surface area contributed by atoms with E-state index in [0.29, 0.717) is 0 Å². The minimum atomic E-state index is 0.810. The Kier molecular flexibility index (Phi) is 4.10. The highest BCUT2D eigenvalue weighted by Gasteiger charge is 1.97. The molecule has 0 amide bonds. The van der Waals surface area contributed by atoms with Crippen molar-refractivity contribution in [3.05, 3.63) is 42.2 Å². The zero-order chi connectivity index (χ0) is 11.9. The molecule has 2 aromatic rings. The first-order chi connectivity index (χ1) is 8.36. The van der Waals surface area contributed by atoms with Crippen LogP contribution in [-0.2, 0) is 13.1 Å².